The predicted octanol–water partition coefficient (Wildman–Crippen LogP) is 4.40. The number of nitrogens with zero attached hydrogens (tertiary/aromatic N) is 4. The molecule has 0 fully saturated rings. The van der Waals surface area contributed by atoms with E-state index >= 15 is 0 Å². The number of fused-ring (bicyclic) bond motifs is 1. The minimum atomic E-state index is -0.163. The maximum atomic E-state index is 12.1. The van der Waals surface area contributed by atoms with Gasteiger partial charge in [-0.25, -0.2) is 10.4 Å². The summed E-state index contributed by atoms with van der Waals surface area (Å²) in [5.41, 5.74) is 6.61. The van der Waals surface area contributed by atoms with Crippen LogP contribution in [0.1, 0.15) is 5.69 Å². The monoisotopic (exact) mass is 435 g/mol. The van der Waals surface area contributed by atoms with Crippen LogP contribution in [0.2, 0.25) is 0 Å². The number of hydrazone groups is 1. The van der Waals surface area contributed by atoms with E-state index in [2.05, 4.69) is 44.7 Å². The Morgan fingerprint density at radius 3 is 2.73 bits per heavy atom. The fourth-order valence-electron chi connectivity index (χ4n) is 2.89. The van der Waals surface area contributed by atoms with Crippen molar-refractivity contribution in [3.63, 3.8) is 0 Å². The normalized spacial score (nSPS) is 11.3. The molecule has 0 unspecified atom stereocenters. The first kappa shape index (κ1) is 20.2. The Kier molecular flexibility index (Phi) is 6.15. The molecule has 2 aromatic heterocycles. The maximum absolute atomic E-state index is 12.1. The van der Waals surface area contributed by atoms with Crippen molar-refractivity contribution in [3.8, 4) is 5.69 Å². The van der Waals surface area contributed by atoms with Gasteiger partial charge in [-0.3, -0.25) is 4.79 Å². The van der Waals surface area contributed by atoms with Crippen molar-refractivity contribution < 1.29 is 4.79 Å². The largest absolute Gasteiger partial charge is 0.378 e. The fourth-order valence-corrected chi connectivity index (χ4v) is 4.75. The van der Waals surface area contributed by atoms with Crippen LogP contribution in [-0.2, 0) is 4.79 Å². The summed E-state index contributed by atoms with van der Waals surface area (Å²) in [5, 5.41) is 4.12. The van der Waals surface area contributed by atoms with Gasteiger partial charge in [-0.2, -0.15) is 5.10 Å². The number of para-hydroxylation sites is 1. The summed E-state index contributed by atoms with van der Waals surface area (Å²) in [6.07, 6.45) is 3.62. The third-order valence-corrected chi connectivity index (χ3v) is 6.59. The van der Waals surface area contributed by atoms with E-state index in [0.717, 1.165) is 31.6 Å². The molecule has 4 rings (SSSR count). The first-order chi connectivity index (χ1) is 14.6. The molecule has 4 aromatic rings. The van der Waals surface area contributed by atoms with Crippen molar-refractivity contribution in [1.29, 1.82) is 0 Å². The molecule has 2 aromatic carbocycles. The topological polar surface area (TPSA) is 62.5 Å². The zero-order chi connectivity index (χ0) is 20.9. The third-order valence-electron chi connectivity index (χ3n) is 4.41. The van der Waals surface area contributed by atoms with E-state index in [4.69, 9.17) is 0 Å². The van der Waals surface area contributed by atoms with Crippen LogP contribution in [0.3, 0.4) is 0 Å². The van der Waals surface area contributed by atoms with Gasteiger partial charge in [0, 0.05) is 31.7 Å². The molecule has 1 N–H and O–H groups in total. The first-order valence-corrected chi connectivity index (χ1v) is 11.2. The molecule has 0 saturated carbocycles. The summed E-state index contributed by atoms with van der Waals surface area (Å²) < 4.78 is 4.02. The van der Waals surface area contributed by atoms with Crippen LogP contribution >= 0.6 is 23.1 Å². The Hall–Kier alpha value is -3.10. The number of carbonyl (C=O) groups is 1. The van der Waals surface area contributed by atoms with E-state index < -0.39 is 0 Å². The highest BCUT2D eigenvalue weighted by atomic mass is 32.2. The van der Waals surface area contributed by atoms with Gasteiger partial charge in [0.25, 0.3) is 5.91 Å². The molecule has 0 radical (unpaired) electrons. The maximum Gasteiger partial charge on any atom is 0.250 e. The third kappa shape index (κ3) is 4.72. The molecule has 0 saturated heterocycles. The Morgan fingerprint density at radius 1 is 1.17 bits per heavy atom. The Bertz CT molecular complexity index is 1140. The average Bonchev–Trinajstić information content (AvgIpc) is 3.39. The van der Waals surface area contributed by atoms with Gasteiger partial charge in [0.05, 0.1) is 27.9 Å². The van der Waals surface area contributed by atoms with Crippen LogP contribution < -0.4 is 10.3 Å². The van der Waals surface area contributed by atoms with E-state index in [0.29, 0.717) is 0 Å². The zero-order valence-corrected chi connectivity index (χ0v) is 18.3. The molecule has 0 aliphatic heterocycles. The molecule has 6 nitrogen and oxygen atoms in total. The lowest BCUT2D eigenvalue weighted by Gasteiger charge is -2.13. The van der Waals surface area contributed by atoms with Gasteiger partial charge in [-0.15, -0.1) is 11.3 Å². The van der Waals surface area contributed by atoms with Crippen molar-refractivity contribution in [2.75, 3.05) is 24.7 Å². The number of rotatable bonds is 7. The van der Waals surface area contributed by atoms with Gasteiger partial charge in [0.1, 0.15) is 0 Å². The van der Waals surface area contributed by atoms with Crippen LogP contribution in [0, 0.1) is 0 Å². The van der Waals surface area contributed by atoms with E-state index in [-0.39, 0.29) is 11.7 Å². The second kappa shape index (κ2) is 9.15. The van der Waals surface area contributed by atoms with Crippen molar-refractivity contribution in [2.24, 2.45) is 5.10 Å². The van der Waals surface area contributed by atoms with Crippen LogP contribution in [0.5, 0.6) is 0 Å². The van der Waals surface area contributed by atoms with Crippen molar-refractivity contribution in [2.45, 2.75) is 4.34 Å². The number of carbonyl (C=O) groups excluding carboxylic acids is 1. The minimum absolute atomic E-state index is 0.163. The minimum Gasteiger partial charge on any atom is -0.378 e. The Balaban J connectivity index is 1.34. The van der Waals surface area contributed by atoms with Crippen LogP contribution in [0.15, 0.2) is 76.3 Å². The van der Waals surface area contributed by atoms with E-state index in [1.54, 1.807) is 17.6 Å². The summed E-state index contributed by atoms with van der Waals surface area (Å²) in [6, 6.07) is 20.1. The molecule has 0 spiro atoms. The number of hydrogen-bond acceptors (Lipinski definition) is 6. The van der Waals surface area contributed by atoms with Gasteiger partial charge < -0.3 is 9.47 Å². The molecular weight excluding hydrogens is 414 g/mol. The van der Waals surface area contributed by atoms with Gasteiger partial charge in [-0.05, 0) is 48.5 Å². The number of nitrogens with one attached hydrogen (secondary N) is 1. The number of anilines is 1. The molecule has 0 atom stereocenters. The molecule has 2 heterocycles. The lowest BCUT2D eigenvalue weighted by atomic mass is 10.2. The molecule has 1 amide bonds. The highest BCUT2D eigenvalue weighted by Gasteiger charge is 2.07. The first-order valence-electron chi connectivity index (χ1n) is 9.35. The molecule has 0 aliphatic carbocycles. The van der Waals surface area contributed by atoms with Crippen molar-refractivity contribution in [1.82, 2.24) is 15.0 Å². The van der Waals surface area contributed by atoms with Gasteiger partial charge in [0.15, 0.2) is 4.34 Å². The quantitative estimate of drug-likeness (QED) is 0.266. The summed E-state index contributed by atoms with van der Waals surface area (Å²) >= 11 is 3.01. The molecule has 0 aliphatic rings. The van der Waals surface area contributed by atoms with E-state index in [1.165, 1.54) is 11.8 Å². The van der Waals surface area contributed by atoms with Crippen molar-refractivity contribution in [3.05, 3.63) is 72.6 Å². The highest BCUT2D eigenvalue weighted by molar-refractivity contribution is 8.01. The molecule has 8 heteroatoms. The van der Waals surface area contributed by atoms with Crippen LogP contribution in [0.25, 0.3) is 15.9 Å². The number of thiazole rings is 1. The van der Waals surface area contributed by atoms with Crippen LogP contribution in [-0.4, -0.2) is 41.5 Å². The SMILES string of the molecule is CN(C)c1ccc(-n2cccc2/C=N/NC(=O)CSc2nc3ccccc3s2)cc1. The van der Waals surface area contributed by atoms with E-state index in [1.807, 2.05) is 61.3 Å². The number of benzene rings is 2. The van der Waals surface area contributed by atoms with Gasteiger partial charge >= 0.3 is 0 Å². The van der Waals surface area contributed by atoms with Gasteiger partial charge in [-0.1, -0.05) is 23.9 Å². The van der Waals surface area contributed by atoms with Crippen molar-refractivity contribution >= 4 is 51.1 Å². The lowest BCUT2D eigenvalue weighted by molar-refractivity contribution is -0.118. The Morgan fingerprint density at radius 2 is 1.97 bits per heavy atom. The molecule has 0 bridgehead atoms. The zero-order valence-electron chi connectivity index (χ0n) is 16.6. The summed E-state index contributed by atoms with van der Waals surface area (Å²) in [7, 11) is 4.03. The number of amides is 1. The Labute approximate surface area is 183 Å². The number of hydrogen-bond donors (Lipinski definition) is 1. The molecular formula is C22H21N5OS2. The molecule has 30 heavy (non-hydrogen) atoms. The standard InChI is InChI=1S/C22H21N5OS2/c1-26(2)16-9-11-17(12-10-16)27-13-5-6-18(27)14-23-25-21(28)15-29-22-24-19-7-3-4-8-20(19)30-22/h3-14H,15H2,1-2H3,(H,25,28)/b23-14+. The predicted molar refractivity (Wildman–Crippen MR) is 126 cm³/mol. The van der Waals surface area contributed by atoms with Gasteiger partial charge in [0.2, 0.25) is 0 Å². The smallest absolute Gasteiger partial charge is 0.250 e. The average molecular weight is 436 g/mol. The fraction of sp³-hybridized carbons (Fsp3) is 0.136. The summed E-state index contributed by atoms with van der Waals surface area (Å²) in [4.78, 5) is 18.7. The highest BCUT2D eigenvalue weighted by Crippen LogP contribution is 2.29. The second-order valence-corrected chi connectivity index (χ2v) is 9.00. The molecule has 152 valence electrons. The van der Waals surface area contributed by atoms with E-state index in [9.17, 15) is 4.79 Å². The summed E-state index contributed by atoms with van der Waals surface area (Å²) in [5.74, 6) is 0.105. The van der Waals surface area contributed by atoms with Crippen LogP contribution in [0.4, 0.5) is 5.69 Å². The lowest BCUT2D eigenvalue weighted by Crippen LogP contribution is -2.19. The summed E-state index contributed by atoms with van der Waals surface area (Å²) in [6.45, 7) is 0. The second-order valence-electron chi connectivity index (χ2n) is 6.74. The number of aromatic nitrogens is 2. The number of thioether (sulfide) groups is 1.